The van der Waals surface area contributed by atoms with E-state index in [9.17, 15) is 13.2 Å². The highest BCUT2D eigenvalue weighted by atomic mass is 32.2. The molecule has 2 aliphatic rings. The van der Waals surface area contributed by atoms with Crippen LogP contribution in [0.15, 0.2) is 24.3 Å². The van der Waals surface area contributed by atoms with Crippen LogP contribution in [0.3, 0.4) is 0 Å². The summed E-state index contributed by atoms with van der Waals surface area (Å²) < 4.78 is 26.4. The lowest BCUT2D eigenvalue weighted by molar-refractivity contribution is -0.129. The highest BCUT2D eigenvalue weighted by Gasteiger charge is 2.41. The van der Waals surface area contributed by atoms with E-state index < -0.39 is 16.1 Å². The minimum absolute atomic E-state index is 0.111. The molecular weight excluding hydrogens is 288 g/mol. The second kappa shape index (κ2) is 5.42. The van der Waals surface area contributed by atoms with Gasteiger partial charge in [-0.15, -0.1) is 0 Å². The lowest BCUT2D eigenvalue weighted by Crippen LogP contribution is -2.42. The maximum atomic E-state index is 12.3. The van der Waals surface area contributed by atoms with Crippen molar-refractivity contribution in [2.24, 2.45) is 0 Å². The summed E-state index contributed by atoms with van der Waals surface area (Å²) in [5.41, 5.74) is 2.25. The predicted octanol–water partition coefficient (Wildman–Crippen LogP) is 1.18. The molecule has 1 N–H and O–H groups in total. The minimum atomic E-state index is -3.30. The van der Waals surface area contributed by atoms with Crippen molar-refractivity contribution in [3.8, 4) is 0 Å². The van der Waals surface area contributed by atoms with Crippen LogP contribution < -0.4 is 4.72 Å². The number of sulfonamides is 1. The summed E-state index contributed by atoms with van der Waals surface area (Å²) in [6.45, 7) is 3.17. The fraction of sp³-hybridized carbons (Fsp3) is 0.533. The molecule has 6 heteroatoms. The summed E-state index contributed by atoms with van der Waals surface area (Å²) in [5.74, 6) is -0.111. The largest absolute Gasteiger partial charge is 0.337 e. The van der Waals surface area contributed by atoms with Crippen molar-refractivity contribution >= 4 is 15.9 Å². The third-order valence-electron chi connectivity index (χ3n) is 4.06. The van der Waals surface area contributed by atoms with E-state index in [1.807, 2.05) is 31.2 Å². The van der Waals surface area contributed by atoms with Gasteiger partial charge in [-0.05, 0) is 31.7 Å². The van der Waals surface area contributed by atoms with Crippen LogP contribution >= 0.6 is 0 Å². The molecule has 3 rings (SSSR count). The van der Waals surface area contributed by atoms with Crippen LogP contribution in [-0.2, 0) is 21.4 Å². The number of benzene rings is 1. The molecule has 0 aromatic heterocycles. The van der Waals surface area contributed by atoms with E-state index in [1.54, 1.807) is 4.90 Å². The SMILES string of the molecule is Cc1ccc(CN2CC[C@@H](NS(=O)(=O)C3CC3)C2=O)cc1. The Balaban J connectivity index is 1.62. The van der Waals surface area contributed by atoms with Crippen molar-refractivity contribution in [2.45, 2.75) is 44.0 Å². The first-order valence-corrected chi connectivity index (χ1v) is 8.86. The van der Waals surface area contributed by atoms with Crippen LogP contribution in [0, 0.1) is 6.92 Å². The predicted molar refractivity (Wildman–Crippen MR) is 80.1 cm³/mol. The molecule has 21 heavy (non-hydrogen) atoms. The van der Waals surface area contributed by atoms with Crippen LogP contribution in [0.4, 0.5) is 0 Å². The number of likely N-dealkylation sites (tertiary alicyclic amines) is 1. The Morgan fingerprint density at radius 3 is 2.48 bits per heavy atom. The molecule has 1 atom stereocenters. The fourth-order valence-electron chi connectivity index (χ4n) is 2.59. The molecule has 1 heterocycles. The van der Waals surface area contributed by atoms with Crippen molar-refractivity contribution in [3.63, 3.8) is 0 Å². The summed E-state index contributed by atoms with van der Waals surface area (Å²) in [4.78, 5) is 14.0. The Hall–Kier alpha value is -1.40. The van der Waals surface area contributed by atoms with E-state index in [1.165, 1.54) is 5.56 Å². The zero-order valence-corrected chi connectivity index (χ0v) is 12.9. The molecule has 1 saturated heterocycles. The Labute approximate surface area is 125 Å². The number of carbonyl (C=O) groups excluding carboxylic acids is 1. The van der Waals surface area contributed by atoms with Gasteiger partial charge in [-0.3, -0.25) is 4.79 Å². The summed E-state index contributed by atoms with van der Waals surface area (Å²) in [5, 5.41) is -0.281. The van der Waals surface area contributed by atoms with Crippen molar-refractivity contribution in [2.75, 3.05) is 6.54 Å². The van der Waals surface area contributed by atoms with Gasteiger partial charge >= 0.3 is 0 Å². The summed E-state index contributed by atoms with van der Waals surface area (Å²) in [6.07, 6.45) is 1.98. The summed E-state index contributed by atoms with van der Waals surface area (Å²) in [6, 6.07) is 7.46. The zero-order chi connectivity index (χ0) is 15.0. The number of hydrogen-bond donors (Lipinski definition) is 1. The maximum Gasteiger partial charge on any atom is 0.241 e. The van der Waals surface area contributed by atoms with Gasteiger partial charge in [-0.2, -0.15) is 0 Å². The Morgan fingerprint density at radius 1 is 1.19 bits per heavy atom. The average molecular weight is 308 g/mol. The third kappa shape index (κ3) is 3.27. The lowest BCUT2D eigenvalue weighted by atomic mass is 10.1. The Morgan fingerprint density at radius 2 is 1.86 bits per heavy atom. The number of carbonyl (C=O) groups is 1. The molecule has 0 unspecified atom stereocenters. The standard InChI is InChI=1S/C15H20N2O3S/c1-11-2-4-12(5-3-11)10-17-9-8-14(15(17)18)16-21(19,20)13-6-7-13/h2-5,13-14,16H,6-10H2,1H3/t14-/m1/s1. The van der Waals surface area contributed by atoms with E-state index in [-0.39, 0.29) is 11.2 Å². The van der Waals surface area contributed by atoms with Gasteiger partial charge in [0.1, 0.15) is 6.04 Å². The van der Waals surface area contributed by atoms with Crippen molar-refractivity contribution in [1.29, 1.82) is 0 Å². The van der Waals surface area contributed by atoms with Crippen LogP contribution in [0.5, 0.6) is 0 Å². The fourth-order valence-corrected chi connectivity index (χ4v) is 4.16. The van der Waals surface area contributed by atoms with Crippen LogP contribution in [-0.4, -0.2) is 37.1 Å². The number of amides is 1. The molecule has 1 aliphatic carbocycles. The Kier molecular flexibility index (Phi) is 3.75. The highest BCUT2D eigenvalue weighted by molar-refractivity contribution is 7.90. The first-order chi connectivity index (χ1) is 9.95. The van der Waals surface area contributed by atoms with Crippen LogP contribution in [0.1, 0.15) is 30.4 Å². The summed E-state index contributed by atoms with van der Waals surface area (Å²) >= 11 is 0. The van der Waals surface area contributed by atoms with Crippen molar-refractivity contribution in [1.82, 2.24) is 9.62 Å². The third-order valence-corrected chi connectivity index (χ3v) is 6.02. The summed E-state index contributed by atoms with van der Waals surface area (Å²) in [7, 11) is -3.30. The Bertz CT molecular complexity index is 635. The van der Waals surface area contributed by atoms with Crippen molar-refractivity contribution < 1.29 is 13.2 Å². The molecule has 1 amide bonds. The van der Waals surface area contributed by atoms with Gasteiger partial charge in [0.05, 0.1) is 5.25 Å². The number of aryl methyl sites for hydroxylation is 1. The molecule has 0 bridgehead atoms. The zero-order valence-electron chi connectivity index (χ0n) is 12.1. The minimum Gasteiger partial charge on any atom is -0.337 e. The topological polar surface area (TPSA) is 66.5 Å². The average Bonchev–Trinajstić information content (AvgIpc) is 3.24. The van der Waals surface area contributed by atoms with Crippen LogP contribution in [0.25, 0.3) is 0 Å². The second-order valence-electron chi connectivity index (χ2n) is 5.95. The quantitative estimate of drug-likeness (QED) is 0.888. The number of nitrogens with zero attached hydrogens (tertiary/aromatic N) is 1. The number of rotatable bonds is 5. The first-order valence-electron chi connectivity index (χ1n) is 7.31. The molecule has 1 saturated carbocycles. The van der Waals surface area contributed by atoms with Gasteiger partial charge in [-0.1, -0.05) is 29.8 Å². The molecule has 1 aromatic carbocycles. The van der Waals surface area contributed by atoms with Gasteiger partial charge in [-0.25, -0.2) is 13.1 Å². The van der Waals surface area contributed by atoms with E-state index in [4.69, 9.17) is 0 Å². The molecule has 5 nitrogen and oxygen atoms in total. The maximum absolute atomic E-state index is 12.3. The van der Waals surface area contributed by atoms with E-state index in [2.05, 4.69) is 4.72 Å². The molecule has 114 valence electrons. The smallest absolute Gasteiger partial charge is 0.241 e. The van der Waals surface area contributed by atoms with Gasteiger partial charge in [0, 0.05) is 13.1 Å². The van der Waals surface area contributed by atoms with Gasteiger partial charge in [0.2, 0.25) is 15.9 Å². The highest BCUT2D eigenvalue weighted by Crippen LogP contribution is 2.28. The van der Waals surface area contributed by atoms with Gasteiger partial charge in [0.15, 0.2) is 0 Å². The number of nitrogens with one attached hydrogen (secondary N) is 1. The normalized spacial score (nSPS) is 22.8. The molecule has 1 aromatic rings. The van der Waals surface area contributed by atoms with Crippen LogP contribution in [0.2, 0.25) is 0 Å². The first kappa shape index (κ1) is 14.5. The van der Waals surface area contributed by atoms with Gasteiger partial charge < -0.3 is 4.90 Å². The molecular formula is C15H20N2O3S. The van der Waals surface area contributed by atoms with E-state index >= 15 is 0 Å². The molecule has 0 spiro atoms. The van der Waals surface area contributed by atoms with E-state index in [0.717, 1.165) is 5.56 Å². The monoisotopic (exact) mass is 308 g/mol. The van der Waals surface area contributed by atoms with Crippen molar-refractivity contribution in [3.05, 3.63) is 35.4 Å². The lowest BCUT2D eigenvalue weighted by Gasteiger charge is -2.17. The van der Waals surface area contributed by atoms with Gasteiger partial charge in [0.25, 0.3) is 0 Å². The number of hydrogen-bond acceptors (Lipinski definition) is 3. The molecule has 2 fully saturated rings. The second-order valence-corrected chi connectivity index (χ2v) is 7.94. The molecule has 1 aliphatic heterocycles. The van der Waals surface area contributed by atoms with E-state index in [0.29, 0.717) is 32.4 Å². The molecule has 0 radical (unpaired) electrons.